The van der Waals surface area contributed by atoms with E-state index in [-0.39, 0.29) is 23.3 Å². The van der Waals surface area contributed by atoms with E-state index in [1.165, 1.54) is 0 Å². The van der Waals surface area contributed by atoms with Gasteiger partial charge in [0.15, 0.2) is 0 Å². The molecule has 2 aliphatic rings. The number of nitrogens with one attached hydrogen (secondary N) is 2. The van der Waals surface area contributed by atoms with Crippen LogP contribution < -0.4 is 10.6 Å². The average Bonchev–Trinajstić information content (AvgIpc) is 2.93. The minimum Gasteiger partial charge on any atom is -0.343 e. The van der Waals surface area contributed by atoms with Crippen molar-refractivity contribution in [3.05, 3.63) is 28.2 Å². The number of rotatable bonds is 3. The van der Waals surface area contributed by atoms with Crippen LogP contribution >= 0.6 is 23.2 Å². The lowest BCUT2D eigenvalue weighted by molar-refractivity contribution is -0.124. The maximum atomic E-state index is 12.2. The SMILES string of the molecule is CC1CCN(C2=NC(CC(=O)Nc3cccc(Cl)c3Cl)C(=O)N2)CC1. The Hall–Kier alpha value is -1.79. The summed E-state index contributed by atoms with van der Waals surface area (Å²) in [4.78, 5) is 30.8. The van der Waals surface area contributed by atoms with Gasteiger partial charge < -0.3 is 10.2 Å². The van der Waals surface area contributed by atoms with Gasteiger partial charge in [-0.25, -0.2) is 4.99 Å². The molecule has 6 nitrogen and oxygen atoms in total. The summed E-state index contributed by atoms with van der Waals surface area (Å²) in [6, 6.07) is 4.27. The molecule has 0 aliphatic carbocycles. The zero-order valence-electron chi connectivity index (χ0n) is 13.9. The van der Waals surface area contributed by atoms with Gasteiger partial charge in [-0.2, -0.15) is 0 Å². The zero-order valence-corrected chi connectivity index (χ0v) is 15.4. The second-order valence-electron chi connectivity index (χ2n) is 6.48. The Kier molecular flexibility index (Phi) is 5.49. The number of amides is 2. The van der Waals surface area contributed by atoms with Crippen LogP contribution in [0.5, 0.6) is 0 Å². The lowest BCUT2D eigenvalue weighted by atomic mass is 10.00. The quantitative estimate of drug-likeness (QED) is 0.843. The molecule has 2 N–H and O–H groups in total. The van der Waals surface area contributed by atoms with Crippen LogP contribution in [-0.4, -0.2) is 41.8 Å². The van der Waals surface area contributed by atoms with Crippen molar-refractivity contribution in [1.29, 1.82) is 0 Å². The van der Waals surface area contributed by atoms with Crippen molar-refractivity contribution in [3.63, 3.8) is 0 Å². The smallest absolute Gasteiger partial charge is 0.252 e. The summed E-state index contributed by atoms with van der Waals surface area (Å²) in [7, 11) is 0. The summed E-state index contributed by atoms with van der Waals surface area (Å²) in [6.07, 6.45) is 2.11. The highest BCUT2D eigenvalue weighted by atomic mass is 35.5. The largest absolute Gasteiger partial charge is 0.343 e. The molecule has 1 saturated heterocycles. The van der Waals surface area contributed by atoms with Crippen LogP contribution in [0.25, 0.3) is 0 Å². The number of anilines is 1. The number of carbonyl (C=O) groups is 2. The molecule has 1 aromatic carbocycles. The van der Waals surface area contributed by atoms with Crippen LogP contribution in [0.2, 0.25) is 10.0 Å². The summed E-state index contributed by atoms with van der Waals surface area (Å²) in [6.45, 7) is 3.97. The topological polar surface area (TPSA) is 73.8 Å². The minimum absolute atomic E-state index is 0.0393. The van der Waals surface area contributed by atoms with Gasteiger partial charge in [-0.15, -0.1) is 0 Å². The Morgan fingerprint density at radius 2 is 2.08 bits per heavy atom. The van der Waals surface area contributed by atoms with E-state index in [0.717, 1.165) is 25.9 Å². The minimum atomic E-state index is -0.715. The molecule has 0 saturated carbocycles. The fraction of sp³-hybridized carbons (Fsp3) is 0.471. The lowest BCUT2D eigenvalue weighted by Crippen LogP contribution is -2.44. The van der Waals surface area contributed by atoms with Crippen molar-refractivity contribution in [2.45, 2.75) is 32.2 Å². The van der Waals surface area contributed by atoms with Crippen LogP contribution in [0.1, 0.15) is 26.2 Å². The summed E-state index contributed by atoms with van der Waals surface area (Å²) in [5.74, 6) is 0.691. The molecule has 3 rings (SSSR count). The monoisotopic (exact) mass is 382 g/mol. The normalized spacial score (nSPS) is 21.1. The van der Waals surface area contributed by atoms with Gasteiger partial charge in [-0.05, 0) is 30.9 Å². The number of piperidine rings is 1. The molecule has 134 valence electrons. The Labute approximate surface area is 156 Å². The first-order chi connectivity index (χ1) is 11.9. The van der Waals surface area contributed by atoms with Gasteiger partial charge in [0, 0.05) is 13.1 Å². The predicted octanol–water partition coefficient (Wildman–Crippen LogP) is 2.91. The number of hydrogen-bond acceptors (Lipinski definition) is 4. The molecular weight excluding hydrogens is 363 g/mol. The molecule has 2 heterocycles. The van der Waals surface area contributed by atoms with Gasteiger partial charge in [-0.1, -0.05) is 36.2 Å². The molecule has 25 heavy (non-hydrogen) atoms. The third-order valence-corrected chi connectivity index (χ3v) is 5.32. The van der Waals surface area contributed by atoms with E-state index < -0.39 is 6.04 Å². The zero-order chi connectivity index (χ0) is 18.0. The third kappa shape index (κ3) is 4.25. The van der Waals surface area contributed by atoms with Crippen molar-refractivity contribution in [2.24, 2.45) is 10.9 Å². The first-order valence-electron chi connectivity index (χ1n) is 8.31. The third-order valence-electron chi connectivity index (χ3n) is 4.50. The van der Waals surface area contributed by atoms with Crippen LogP contribution in [0, 0.1) is 5.92 Å². The maximum Gasteiger partial charge on any atom is 0.252 e. The summed E-state index contributed by atoms with van der Waals surface area (Å²) in [5.41, 5.74) is 0.423. The van der Waals surface area contributed by atoms with Crippen molar-refractivity contribution in [3.8, 4) is 0 Å². The van der Waals surface area contributed by atoms with Crippen LogP contribution in [0.15, 0.2) is 23.2 Å². The number of hydrogen-bond donors (Lipinski definition) is 2. The van der Waals surface area contributed by atoms with E-state index in [1.807, 2.05) is 0 Å². The van der Waals surface area contributed by atoms with Gasteiger partial charge in [0.2, 0.25) is 11.9 Å². The molecule has 0 bridgehead atoms. The fourth-order valence-electron chi connectivity index (χ4n) is 2.93. The first-order valence-corrected chi connectivity index (χ1v) is 9.07. The van der Waals surface area contributed by atoms with E-state index in [0.29, 0.717) is 22.6 Å². The van der Waals surface area contributed by atoms with Crippen molar-refractivity contribution in [2.75, 3.05) is 18.4 Å². The molecule has 0 radical (unpaired) electrons. The highest BCUT2D eigenvalue weighted by molar-refractivity contribution is 6.44. The Morgan fingerprint density at radius 1 is 1.36 bits per heavy atom. The van der Waals surface area contributed by atoms with Crippen LogP contribution in [-0.2, 0) is 9.59 Å². The van der Waals surface area contributed by atoms with Crippen LogP contribution in [0.3, 0.4) is 0 Å². The molecule has 2 amide bonds. The molecule has 0 spiro atoms. The predicted molar refractivity (Wildman–Crippen MR) is 99.0 cm³/mol. The Morgan fingerprint density at radius 3 is 2.80 bits per heavy atom. The van der Waals surface area contributed by atoms with Crippen molar-refractivity contribution in [1.82, 2.24) is 10.2 Å². The molecule has 2 aliphatic heterocycles. The molecule has 8 heteroatoms. The lowest BCUT2D eigenvalue weighted by Gasteiger charge is -2.31. The number of guanidine groups is 1. The highest BCUT2D eigenvalue weighted by Crippen LogP contribution is 2.29. The number of carbonyl (C=O) groups excluding carboxylic acids is 2. The van der Waals surface area contributed by atoms with Gasteiger partial charge in [-0.3, -0.25) is 14.9 Å². The summed E-state index contributed by atoms with van der Waals surface area (Å²) in [5, 5.41) is 6.11. The number of aliphatic imine (C=N–C) groups is 1. The standard InChI is InChI=1S/C17H20Cl2N4O2/c1-10-5-7-23(8-6-10)17-21-13(16(25)22-17)9-14(24)20-12-4-2-3-11(18)15(12)19/h2-4,10,13H,5-9H2,1H3,(H,20,24)(H,21,22,25). The molecule has 1 fully saturated rings. The Balaban J connectivity index is 1.61. The summed E-state index contributed by atoms with van der Waals surface area (Å²) < 4.78 is 0. The van der Waals surface area contributed by atoms with E-state index in [1.54, 1.807) is 18.2 Å². The van der Waals surface area contributed by atoms with E-state index in [2.05, 4.69) is 27.4 Å². The van der Waals surface area contributed by atoms with E-state index in [4.69, 9.17) is 23.2 Å². The average molecular weight is 383 g/mol. The number of benzene rings is 1. The number of nitrogens with zero attached hydrogens (tertiary/aromatic N) is 2. The molecule has 1 unspecified atom stereocenters. The second kappa shape index (κ2) is 7.62. The molecule has 1 atom stereocenters. The summed E-state index contributed by atoms with van der Waals surface area (Å²) >= 11 is 12.0. The maximum absolute atomic E-state index is 12.2. The van der Waals surface area contributed by atoms with Gasteiger partial charge in [0.25, 0.3) is 5.91 Å². The van der Waals surface area contributed by atoms with Crippen molar-refractivity contribution >= 4 is 46.7 Å². The first kappa shape index (κ1) is 18.0. The molecule has 1 aromatic rings. The Bertz CT molecular complexity index is 715. The van der Waals surface area contributed by atoms with Gasteiger partial charge >= 0.3 is 0 Å². The molecule has 0 aromatic heterocycles. The van der Waals surface area contributed by atoms with Gasteiger partial charge in [0.1, 0.15) is 6.04 Å². The van der Waals surface area contributed by atoms with Crippen molar-refractivity contribution < 1.29 is 9.59 Å². The second-order valence-corrected chi connectivity index (χ2v) is 7.27. The molecular formula is C17H20Cl2N4O2. The van der Waals surface area contributed by atoms with Crippen LogP contribution in [0.4, 0.5) is 5.69 Å². The van der Waals surface area contributed by atoms with Gasteiger partial charge in [0.05, 0.1) is 22.2 Å². The van der Waals surface area contributed by atoms with E-state index in [9.17, 15) is 9.59 Å². The number of halogens is 2. The van der Waals surface area contributed by atoms with E-state index >= 15 is 0 Å². The highest BCUT2D eigenvalue weighted by Gasteiger charge is 2.32. The fourth-order valence-corrected chi connectivity index (χ4v) is 3.28. The number of likely N-dealkylation sites (tertiary alicyclic amines) is 1.